The van der Waals surface area contributed by atoms with E-state index in [1.807, 2.05) is 60.9 Å². The summed E-state index contributed by atoms with van der Waals surface area (Å²) < 4.78 is 7.20. The molecule has 7 heteroatoms. The number of hydrogen-bond acceptors (Lipinski definition) is 5. The Bertz CT molecular complexity index is 1250. The summed E-state index contributed by atoms with van der Waals surface area (Å²) in [4.78, 5) is 31.1. The van der Waals surface area contributed by atoms with Crippen molar-refractivity contribution >= 4 is 34.6 Å². The molecule has 2 aliphatic heterocycles. The Balaban J connectivity index is 1.66. The molecule has 1 spiro atoms. The number of allylic oxidation sites excluding steroid dienone is 5. The van der Waals surface area contributed by atoms with E-state index in [2.05, 4.69) is 18.2 Å². The van der Waals surface area contributed by atoms with E-state index < -0.39 is 5.54 Å². The SMILES string of the molecule is COC(=O)[N+]12C(C)=CC=CC13CC=CC(C)=C3n1c(SC(=O)Cc3ccccc3)cnc12. The number of carbonyl (C=O) groups is 2. The third kappa shape index (κ3) is 2.61. The Morgan fingerprint density at radius 2 is 2.03 bits per heavy atom. The maximum Gasteiger partial charge on any atom is 0.529 e. The number of fused-ring (bicyclic) bond motifs is 3. The second-order valence-electron chi connectivity index (χ2n) is 8.24. The van der Waals surface area contributed by atoms with Crippen molar-refractivity contribution in [3.8, 4) is 0 Å². The van der Waals surface area contributed by atoms with E-state index in [1.54, 1.807) is 6.20 Å². The molecule has 1 aliphatic carbocycles. The molecular formula is C25H24N3O3S+. The summed E-state index contributed by atoms with van der Waals surface area (Å²) in [5, 5.41) is 0.733. The molecule has 0 bridgehead atoms. The molecule has 2 atom stereocenters. The number of nitrogens with zero attached hydrogens (tertiary/aromatic N) is 3. The maximum atomic E-state index is 13.5. The van der Waals surface area contributed by atoms with Gasteiger partial charge < -0.3 is 4.74 Å². The zero-order chi connectivity index (χ0) is 22.5. The molecule has 6 nitrogen and oxygen atoms in total. The van der Waals surface area contributed by atoms with Gasteiger partial charge in [0.05, 0.1) is 19.0 Å². The average molecular weight is 447 g/mol. The van der Waals surface area contributed by atoms with Gasteiger partial charge >= 0.3 is 12.0 Å². The van der Waals surface area contributed by atoms with Crippen molar-refractivity contribution in [2.24, 2.45) is 0 Å². The van der Waals surface area contributed by atoms with Gasteiger partial charge in [-0.15, -0.1) is 4.48 Å². The van der Waals surface area contributed by atoms with Crippen LogP contribution in [0.15, 0.2) is 83.2 Å². The Hall–Kier alpha value is -3.16. The lowest BCUT2D eigenvalue weighted by molar-refractivity contribution is -0.110. The lowest BCUT2D eigenvalue weighted by atomic mass is 9.80. The van der Waals surface area contributed by atoms with Crippen LogP contribution in [0.25, 0.3) is 5.70 Å². The van der Waals surface area contributed by atoms with Gasteiger partial charge in [-0.3, -0.25) is 4.79 Å². The van der Waals surface area contributed by atoms with Crippen LogP contribution in [0.1, 0.15) is 25.8 Å². The lowest BCUT2D eigenvalue weighted by Gasteiger charge is -2.43. The van der Waals surface area contributed by atoms with Crippen molar-refractivity contribution in [1.29, 1.82) is 0 Å². The molecule has 0 saturated carbocycles. The summed E-state index contributed by atoms with van der Waals surface area (Å²) in [7, 11) is 1.41. The first-order valence-electron chi connectivity index (χ1n) is 10.5. The highest BCUT2D eigenvalue weighted by Gasteiger charge is 2.70. The Morgan fingerprint density at radius 3 is 2.78 bits per heavy atom. The van der Waals surface area contributed by atoms with E-state index in [4.69, 9.17) is 9.72 Å². The number of thioether (sulfide) groups is 1. The van der Waals surface area contributed by atoms with Crippen molar-refractivity contribution in [2.45, 2.75) is 37.3 Å². The predicted octanol–water partition coefficient (Wildman–Crippen LogP) is 5.24. The molecule has 2 aromatic rings. The molecule has 3 aliphatic rings. The van der Waals surface area contributed by atoms with Crippen LogP contribution in [-0.2, 0) is 16.0 Å². The zero-order valence-electron chi connectivity index (χ0n) is 18.2. The van der Waals surface area contributed by atoms with E-state index in [1.165, 1.54) is 18.9 Å². The number of aromatic nitrogens is 2. The van der Waals surface area contributed by atoms with Gasteiger partial charge in [-0.25, -0.2) is 4.57 Å². The fourth-order valence-corrected chi connectivity index (χ4v) is 6.09. The highest BCUT2D eigenvalue weighted by atomic mass is 32.2. The number of imidazole rings is 1. The van der Waals surface area contributed by atoms with Crippen molar-refractivity contribution in [1.82, 2.24) is 14.0 Å². The van der Waals surface area contributed by atoms with E-state index in [-0.39, 0.29) is 15.7 Å². The molecular weight excluding hydrogens is 422 g/mol. The molecule has 0 fully saturated rings. The number of ether oxygens (including phenoxy) is 1. The standard InChI is InChI=1S/C25H24N3O3S/c1-17-9-7-13-25-14-8-10-18(2)28(25,24(30)31-3)23-26-16-20(27(23)22(17)25)32-21(29)15-19-11-5-4-6-12-19/h4-12,14,16H,13,15H2,1-3H3/q+1. The van der Waals surface area contributed by atoms with Gasteiger partial charge in [0, 0.05) is 19.8 Å². The highest BCUT2D eigenvalue weighted by Crippen LogP contribution is 2.58. The van der Waals surface area contributed by atoms with Crippen LogP contribution in [0.4, 0.5) is 10.7 Å². The molecule has 32 heavy (non-hydrogen) atoms. The molecule has 2 unspecified atom stereocenters. The third-order valence-corrected chi connectivity index (χ3v) is 7.38. The quantitative estimate of drug-likeness (QED) is 0.477. The van der Waals surface area contributed by atoms with Crippen LogP contribution in [-0.4, -0.2) is 33.4 Å². The number of quaternary nitrogens is 1. The maximum absolute atomic E-state index is 13.5. The number of amides is 1. The van der Waals surface area contributed by atoms with Gasteiger partial charge in [0.15, 0.2) is 10.7 Å². The molecule has 162 valence electrons. The summed E-state index contributed by atoms with van der Waals surface area (Å²) in [5.41, 5.74) is 3.12. The fraction of sp³-hybridized carbons (Fsp3) is 0.240. The van der Waals surface area contributed by atoms with Crippen molar-refractivity contribution in [3.63, 3.8) is 0 Å². The first-order valence-corrected chi connectivity index (χ1v) is 11.3. The minimum absolute atomic E-state index is 0.0230. The molecule has 5 rings (SSSR count). The van der Waals surface area contributed by atoms with Crippen molar-refractivity contribution in [2.75, 3.05) is 7.11 Å². The van der Waals surface area contributed by atoms with Crippen LogP contribution >= 0.6 is 11.8 Å². The zero-order valence-corrected chi connectivity index (χ0v) is 19.1. The van der Waals surface area contributed by atoms with Crippen LogP contribution in [0, 0.1) is 0 Å². The average Bonchev–Trinajstić information content (AvgIpc) is 3.29. The summed E-state index contributed by atoms with van der Waals surface area (Å²) in [5.74, 6) is 0.558. The van der Waals surface area contributed by atoms with E-state index in [0.29, 0.717) is 23.8 Å². The summed E-state index contributed by atoms with van der Waals surface area (Å²) in [6.07, 6.45) is 12.4. The van der Waals surface area contributed by atoms with Gasteiger partial charge in [0.1, 0.15) is 10.7 Å². The van der Waals surface area contributed by atoms with Crippen LogP contribution < -0.4 is 4.48 Å². The summed E-state index contributed by atoms with van der Waals surface area (Å²) in [6, 6.07) is 9.69. The predicted molar refractivity (Wildman–Crippen MR) is 126 cm³/mol. The minimum Gasteiger partial charge on any atom is -0.423 e. The van der Waals surface area contributed by atoms with E-state index in [0.717, 1.165) is 22.5 Å². The van der Waals surface area contributed by atoms with Crippen molar-refractivity contribution in [3.05, 3.63) is 83.7 Å². The molecule has 0 saturated heterocycles. The van der Waals surface area contributed by atoms with Crippen LogP contribution in [0.2, 0.25) is 0 Å². The van der Waals surface area contributed by atoms with Crippen LogP contribution in [0.5, 0.6) is 0 Å². The first-order chi connectivity index (χ1) is 15.5. The van der Waals surface area contributed by atoms with E-state index in [9.17, 15) is 9.59 Å². The molecule has 1 amide bonds. The van der Waals surface area contributed by atoms with Crippen molar-refractivity contribution < 1.29 is 14.3 Å². The Labute approximate surface area is 191 Å². The second kappa shape index (κ2) is 7.46. The number of methoxy groups -OCH3 is 1. The van der Waals surface area contributed by atoms with Crippen LogP contribution in [0.3, 0.4) is 0 Å². The molecule has 1 aromatic heterocycles. The number of hydrogen-bond donors (Lipinski definition) is 0. The summed E-state index contributed by atoms with van der Waals surface area (Å²) in [6.45, 7) is 3.97. The summed E-state index contributed by atoms with van der Waals surface area (Å²) >= 11 is 1.17. The number of benzene rings is 1. The topological polar surface area (TPSA) is 61.2 Å². The molecule has 3 heterocycles. The molecule has 0 N–H and O–H groups in total. The third-order valence-electron chi connectivity index (χ3n) is 6.51. The lowest BCUT2D eigenvalue weighted by Crippen LogP contribution is -2.66. The van der Waals surface area contributed by atoms with Gasteiger partial charge in [-0.2, -0.15) is 9.78 Å². The minimum atomic E-state index is -0.688. The van der Waals surface area contributed by atoms with Gasteiger partial charge in [-0.05, 0) is 42.0 Å². The number of rotatable bonds is 3. The Morgan fingerprint density at radius 1 is 1.25 bits per heavy atom. The normalized spacial score (nSPS) is 25.2. The highest BCUT2D eigenvalue weighted by molar-refractivity contribution is 8.13. The smallest absolute Gasteiger partial charge is 0.423 e. The first kappa shape index (κ1) is 20.7. The van der Waals surface area contributed by atoms with E-state index >= 15 is 0 Å². The molecule has 0 radical (unpaired) electrons. The van der Waals surface area contributed by atoms with Gasteiger partial charge in [-0.1, -0.05) is 48.6 Å². The van der Waals surface area contributed by atoms with Gasteiger partial charge in [0.25, 0.3) is 0 Å². The molecule has 1 aromatic carbocycles. The number of carbonyl (C=O) groups excluding carboxylic acids is 2. The monoisotopic (exact) mass is 446 g/mol. The fourth-order valence-electron chi connectivity index (χ4n) is 5.25. The Kier molecular flexibility index (Phi) is 4.83. The second-order valence-corrected chi connectivity index (χ2v) is 9.32. The largest absolute Gasteiger partial charge is 0.529 e. The van der Waals surface area contributed by atoms with Gasteiger partial charge in [0.2, 0.25) is 0 Å².